The number of benzene rings is 1. The fraction of sp³-hybridized carbons (Fsp3) is 0.438. The van der Waals surface area contributed by atoms with Crippen molar-refractivity contribution in [2.24, 2.45) is 0 Å². The van der Waals surface area contributed by atoms with Crippen LogP contribution in [0, 0.1) is 0 Å². The summed E-state index contributed by atoms with van der Waals surface area (Å²) in [5, 5.41) is 0. The summed E-state index contributed by atoms with van der Waals surface area (Å²) in [6.45, 7) is 7.46. The maximum absolute atomic E-state index is 10.7. The van der Waals surface area contributed by atoms with E-state index in [2.05, 4.69) is 36.9 Å². The number of aldehydes is 1. The number of fused-ring (bicyclic) bond motifs is 1. The molecule has 0 aliphatic carbocycles. The van der Waals surface area contributed by atoms with Gasteiger partial charge in [-0.05, 0) is 68.5 Å². The molecular formula is C16H21NO. The number of aryl methyl sites for hydroxylation is 1. The quantitative estimate of drug-likeness (QED) is 0.598. The predicted octanol–water partition coefficient (Wildman–Crippen LogP) is 3.45. The topological polar surface area (TPSA) is 20.3 Å². The lowest BCUT2D eigenvalue weighted by Crippen LogP contribution is -2.35. The third-order valence-corrected chi connectivity index (χ3v) is 3.46. The second kappa shape index (κ2) is 5.38. The van der Waals surface area contributed by atoms with Crippen LogP contribution in [0.25, 0.3) is 6.08 Å². The summed E-state index contributed by atoms with van der Waals surface area (Å²) in [5.41, 5.74) is 4.66. The zero-order chi connectivity index (χ0) is 13.1. The average molecular weight is 243 g/mol. The highest BCUT2D eigenvalue weighted by Gasteiger charge is 2.18. The van der Waals surface area contributed by atoms with E-state index in [9.17, 15) is 4.79 Å². The predicted molar refractivity (Wildman–Crippen MR) is 77.0 cm³/mol. The van der Waals surface area contributed by atoms with Crippen molar-refractivity contribution < 1.29 is 4.79 Å². The molecule has 0 unspecified atom stereocenters. The molecule has 2 nitrogen and oxygen atoms in total. The molecule has 2 rings (SSSR count). The molecule has 0 radical (unpaired) electrons. The average Bonchev–Trinajstić information content (AvgIpc) is 2.37. The number of hydrogen-bond donors (Lipinski definition) is 0. The Balaban J connectivity index is 2.35. The summed E-state index contributed by atoms with van der Waals surface area (Å²) in [4.78, 5) is 13.1. The molecule has 2 heteroatoms. The molecular weight excluding hydrogens is 222 g/mol. The molecule has 0 N–H and O–H groups in total. The first-order chi connectivity index (χ1) is 8.61. The molecule has 18 heavy (non-hydrogen) atoms. The fourth-order valence-electron chi connectivity index (χ4n) is 2.57. The molecule has 0 saturated carbocycles. The zero-order valence-electron chi connectivity index (χ0n) is 11.4. The standard InChI is InChI=1S/C16H21NO/c1-12(2)17-8-4-5-15-10-14(6-7-16(15)17)9-13(3)11-18/h6-7,9-12H,4-5,8H2,1-3H3/b13-9+. The first kappa shape index (κ1) is 12.9. The van der Waals surface area contributed by atoms with Crippen LogP contribution in [-0.4, -0.2) is 18.9 Å². The van der Waals surface area contributed by atoms with Gasteiger partial charge >= 0.3 is 0 Å². The van der Waals surface area contributed by atoms with Gasteiger partial charge in [0.15, 0.2) is 0 Å². The van der Waals surface area contributed by atoms with Gasteiger partial charge in [-0.3, -0.25) is 4.79 Å². The molecule has 1 aromatic rings. The Morgan fingerprint density at radius 3 is 2.83 bits per heavy atom. The molecule has 1 aliphatic heterocycles. The maximum Gasteiger partial charge on any atom is 0.145 e. The number of carbonyl (C=O) groups excluding carboxylic acids is 1. The summed E-state index contributed by atoms with van der Waals surface area (Å²) < 4.78 is 0. The molecule has 0 bridgehead atoms. The van der Waals surface area contributed by atoms with Crippen LogP contribution in [0.5, 0.6) is 0 Å². The molecule has 0 fully saturated rings. The van der Waals surface area contributed by atoms with Gasteiger partial charge in [0.05, 0.1) is 0 Å². The van der Waals surface area contributed by atoms with E-state index >= 15 is 0 Å². The summed E-state index contributed by atoms with van der Waals surface area (Å²) in [5.74, 6) is 0. The summed E-state index contributed by atoms with van der Waals surface area (Å²) in [6.07, 6.45) is 5.20. The van der Waals surface area contributed by atoms with Gasteiger partial charge in [0.1, 0.15) is 6.29 Å². The van der Waals surface area contributed by atoms with Crippen LogP contribution in [0.3, 0.4) is 0 Å². The van der Waals surface area contributed by atoms with Crippen LogP contribution in [-0.2, 0) is 11.2 Å². The van der Waals surface area contributed by atoms with E-state index < -0.39 is 0 Å². The van der Waals surface area contributed by atoms with Gasteiger partial charge in [0.2, 0.25) is 0 Å². The number of allylic oxidation sites excluding steroid dienone is 1. The van der Waals surface area contributed by atoms with E-state index in [0.29, 0.717) is 6.04 Å². The largest absolute Gasteiger partial charge is 0.369 e. The minimum atomic E-state index is 0.544. The van der Waals surface area contributed by atoms with E-state index in [1.807, 2.05) is 13.0 Å². The number of anilines is 1. The first-order valence-electron chi connectivity index (χ1n) is 6.65. The summed E-state index contributed by atoms with van der Waals surface area (Å²) in [6, 6.07) is 7.06. The number of nitrogens with zero attached hydrogens (tertiary/aromatic N) is 1. The van der Waals surface area contributed by atoms with E-state index in [-0.39, 0.29) is 0 Å². The highest BCUT2D eigenvalue weighted by Crippen LogP contribution is 2.30. The van der Waals surface area contributed by atoms with E-state index in [4.69, 9.17) is 0 Å². The molecule has 0 atom stereocenters. The second-order valence-electron chi connectivity index (χ2n) is 5.29. The molecule has 1 aromatic carbocycles. The molecule has 0 amide bonds. The van der Waals surface area contributed by atoms with Crippen LogP contribution >= 0.6 is 0 Å². The first-order valence-corrected chi connectivity index (χ1v) is 6.65. The molecule has 0 spiro atoms. The molecule has 1 aliphatic rings. The number of carbonyl (C=O) groups is 1. The van der Waals surface area contributed by atoms with E-state index in [1.165, 1.54) is 17.7 Å². The smallest absolute Gasteiger partial charge is 0.145 e. The third kappa shape index (κ3) is 2.63. The van der Waals surface area contributed by atoms with Crippen molar-refractivity contribution >= 4 is 18.0 Å². The van der Waals surface area contributed by atoms with Crippen LogP contribution in [0.2, 0.25) is 0 Å². The van der Waals surface area contributed by atoms with Crippen molar-refractivity contribution in [1.29, 1.82) is 0 Å². The van der Waals surface area contributed by atoms with Gasteiger partial charge < -0.3 is 4.90 Å². The SMILES string of the molecule is C/C(C=O)=C\c1ccc2c(c1)CCCN2C(C)C. The maximum atomic E-state index is 10.7. The molecule has 0 saturated heterocycles. The highest BCUT2D eigenvalue weighted by atomic mass is 16.1. The number of hydrogen-bond acceptors (Lipinski definition) is 2. The monoisotopic (exact) mass is 243 g/mol. The van der Waals surface area contributed by atoms with Gasteiger partial charge in [-0.15, -0.1) is 0 Å². The number of rotatable bonds is 3. The Labute approximate surface area is 109 Å². The lowest BCUT2D eigenvalue weighted by Gasteiger charge is -2.34. The third-order valence-electron chi connectivity index (χ3n) is 3.46. The van der Waals surface area contributed by atoms with E-state index in [1.54, 1.807) is 0 Å². The van der Waals surface area contributed by atoms with Gasteiger partial charge in [0.25, 0.3) is 0 Å². The second-order valence-corrected chi connectivity index (χ2v) is 5.29. The Morgan fingerprint density at radius 1 is 1.39 bits per heavy atom. The Hall–Kier alpha value is -1.57. The fourth-order valence-corrected chi connectivity index (χ4v) is 2.57. The zero-order valence-corrected chi connectivity index (χ0v) is 11.4. The van der Waals surface area contributed by atoms with Crippen molar-refractivity contribution in [3.63, 3.8) is 0 Å². The van der Waals surface area contributed by atoms with Crippen LogP contribution in [0.15, 0.2) is 23.8 Å². The lowest BCUT2D eigenvalue weighted by molar-refractivity contribution is -0.104. The summed E-state index contributed by atoms with van der Waals surface area (Å²) >= 11 is 0. The van der Waals surface area contributed by atoms with Crippen LogP contribution < -0.4 is 4.90 Å². The van der Waals surface area contributed by atoms with Crippen molar-refractivity contribution in [3.05, 3.63) is 34.9 Å². The molecule has 1 heterocycles. The van der Waals surface area contributed by atoms with Crippen LogP contribution in [0.4, 0.5) is 5.69 Å². The Kier molecular flexibility index (Phi) is 3.85. The molecule has 0 aromatic heterocycles. The van der Waals surface area contributed by atoms with Gasteiger partial charge in [-0.1, -0.05) is 6.07 Å². The van der Waals surface area contributed by atoms with Gasteiger partial charge in [-0.2, -0.15) is 0 Å². The van der Waals surface area contributed by atoms with Crippen LogP contribution in [0.1, 0.15) is 38.3 Å². The van der Waals surface area contributed by atoms with Gasteiger partial charge in [-0.25, -0.2) is 0 Å². The van der Waals surface area contributed by atoms with Crippen molar-refractivity contribution in [2.75, 3.05) is 11.4 Å². The van der Waals surface area contributed by atoms with Gasteiger partial charge in [0, 0.05) is 18.3 Å². The van der Waals surface area contributed by atoms with Crippen molar-refractivity contribution in [3.8, 4) is 0 Å². The highest BCUT2D eigenvalue weighted by molar-refractivity contribution is 5.81. The summed E-state index contributed by atoms with van der Waals surface area (Å²) in [7, 11) is 0. The Morgan fingerprint density at radius 2 is 2.17 bits per heavy atom. The van der Waals surface area contributed by atoms with Crippen molar-refractivity contribution in [1.82, 2.24) is 0 Å². The van der Waals surface area contributed by atoms with Crippen molar-refractivity contribution in [2.45, 2.75) is 39.7 Å². The minimum absolute atomic E-state index is 0.544. The minimum Gasteiger partial charge on any atom is -0.369 e. The lowest BCUT2D eigenvalue weighted by atomic mass is 9.97. The Bertz CT molecular complexity index is 474. The molecule has 96 valence electrons. The normalized spacial score (nSPS) is 15.8. The van der Waals surface area contributed by atoms with E-state index in [0.717, 1.165) is 30.4 Å².